The van der Waals surface area contributed by atoms with Gasteiger partial charge in [0.05, 0.1) is 6.10 Å². The average molecular weight is 638 g/mol. The highest BCUT2D eigenvalue weighted by atomic mass is 28.3. The van der Waals surface area contributed by atoms with E-state index in [0.717, 1.165) is 17.2 Å². The van der Waals surface area contributed by atoms with Gasteiger partial charge < -0.3 is 24.6 Å². The average Bonchev–Trinajstić information content (AvgIpc) is 3.24. The van der Waals surface area contributed by atoms with Crippen LogP contribution in [0.5, 0.6) is 0 Å². The number of Topliss-reactive ketones (excluding diaryl/α,β-unsaturated/α-hetero) is 1. The SMILES string of the molecule is C=C1[C@@H](C)[C@H]2[C@H](Cc3ccccc3)NC(=O)[C@]23[C@H](OC(C)=O)/C=C/[C@@](C)(O)C(=O)[C@@H](C)C/C=C/[C@H]3[C@@H]1OCOCC[Si](C)(C)C. The van der Waals surface area contributed by atoms with Gasteiger partial charge in [0.2, 0.25) is 5.91 Å². The van der Waals surface area contributed by atoms with E-state index < -0.39 is 49.1 Å². The van der Waals surface area contributed by atoms with Gasteiger partial charge in [0.1, 0.15) is 23.9 Å². The molecule has 1 aromatic carbocycles. The number of ketones is 1. The topological polar surface area (TPSA) is 111 Å². The molecule has 1 saturated carbocycles. The maximum atomic E-state index is 14.7. The highest BCUT2D eigenvalue weighted by Crippen LogP contribution is 2.59. The number of rotatable bonds is 9. The Labute approximate surface area is 269 Å². The van der Waals surface area contributed by atoms with E-state index in [1.807, 2.05) is 42.5 Å². The monoisotopic (exact) mass is 637 g/mol. The second kappa shape index (κ2) is 13.9. The minimum absolute atomic E-state index is 0.0265. The zero-order valence-corrected chi connectivity index (χ0v) is 28.9. The molecule has 2 N–H and O–H groups in total. The third-order valence-corrected chi connectivity index (χ3v) is 11.5. The number of esters is 1. The van der Waals surface area contributed by atoms with Gasteiger partial charge in [0.25, 0.3) is 0 Å². The molecule has 1 saturated heterocycles. The number of hydrogen-bond donors (Lipinski definition) is 2. The zero-order valence-electron chi connectivity index (χ0n) is 27.9. The fourth-order valence-electron chi connectivity index (χ4n) is 7.43. The Bertz CT molecular complexity index is 1320. The number of carbonyl (C=O) groups is 3. The van der Waals surface area contributed by atoms with Crippen LogP contribution in [0, 0.1) is 29.1 Å². The van der Waals surface area contributed by atoms with Gasteiger partial charge in [-0.3, -0.25) is 14.4 Å². The molecule has 1 heterocycles. The highest BCUT2D eigenvalue weighted by molar-refractivity contribution is 6.76. The van der Waals surface area contributed by atoms with Gasteiger partial charge in [-0.05, 0) is 55.0 Å². The van der Waals surface area contributed by atoms with Gasteiger partial charge >= 0.3 is 5.97 Å². The number of hydrogen-bond acceptors (Lipinski definition) is 7. The van der Waals surface area contributed by atoms with E-state index in [-0.39, 0.29) is 36.4 Å². The third-order valence-electron chi connectivity index (χ3n) is 9.83. The first-order chi connectivity index (χ1) is 21.1. The number of allylic oxidation sites excluding steroid dienone is 1. The van der Waals surface area contributed by atoms with Crippen molar-refractivity contribution in [1.82, 2.24) is 5.32 Å². The van der Waals surface area contributed by atoms with Crippen molar-refractivity contribution in [1.29, 1.82) is 0 Å². The molecule has 0 aromatic heterocycles. The largest absolute Gasteiger partial charge is 0.457 e. The van der Waals surface area contributed by atoms with Gasteiger partial charge in [0, 0.05) is 45.4 Å². The molecule has 0 unspecified atom stereocenters. The molecule has 0 bridgehead atoms. The smallest absolute Gasteiger partial charge is 0.303 e. The van der Waals surface area contributed by atoms with Crippen molar-refractivity contribution in [3.8, 4) is 0 Å². The second-order valence-electron chi connectivity index (χ2n) is 14.5. The molecule has 2 aliphatic carbocycles. The van der Waals surface area contributed by atoms with E-state index in [0.29, 0.717) is 19.4 Å². The van der Waals surface area contributed by atoms with Crippen LogP contribution in [0.15, 0.2) is 66.8 Å². The maximum absolute atomic E-state index is 14.7. The summed E-state index contributed by atoms with van der Waals surface area (Å²) in [6.07, 6.45) is 5.96. The molecule has 1 amide bonds. The molecule has 246 valence electrons. The normalized spacial score (nSPS) is 36.7. The van der Waals surface area contributed by atoms with Crippen LogP contribution in [0.3, 0.4) is 0 Å². The fraction of sp³-hybridized carbons (Fsp3) is 0.583. The van der Waals surface area contributed by atoms with Crippen molar-refractivity contribution in [2.24, 2.45) is 29.1 Å². The molecular weight excluding hydrogens is 586 g/mol. The summed E-state index contributed by atoms with van der Waals surface area (Å²) in [5.41, 5.74) is -1.24. The Balaban J connectivity index is 1.87. The van der Waals surface area contributed by atoms with Crippen LogP contribution in [0.2, 0.25) is 25.7 Å². The number of nitrogens with one attached hydrogen (secondary N) is 1. The summed E-state index contributed by atoms with van der Waals surface area (Å²) < 4.78 is 18.5. The van der Waals surface area contributed by atoms with E-state index >= 15 is 0 Å². The first kappa shape index (κ1) is 35.0. The second-order valence-corrected chi connectivity index (χ2v) is 20.1. The van der Waals surface area contributed by atoms with Crippen LogP contribution < -0.4 is 5.32 Å². The summed E-state index contributed by atoms with van der Waals surface area (Å²) >= 11 is 0. The summed E-state index contributed by atoms with van der Waals surface area (Å²) in [7, 11) is -1.31. The van der Waals surface area contributed by atoms with E-state index in [1.165, 1.54) is 26.0 Å². The molecule has 2 fully saturated rings. The molecule has 9 atom stereocenters. The minimum Gasteiger partial charge on any atom is -0.457 e. The van der Waals surface area contributed by atoms with Crippen molar-refractivity contribution in [2.75, 3.05) is 13.4 Å². The summed E-state index contributed by atoms with van der Waals surface area (Å²) in [4.78, 5) is 40.6. The predicted octanol–water partition coefficient (Wildman–Crippen LogP) is 5.25. The molecule has 45 heavy (non-hydrogen) atoms. The number of amides is 1. The van der Waals surface area contributed by atoms with Crippen LogP contribution in [0.4, 0.5) is 0 Å². The van der Waals surface area contributed by atoms with Crippen LogP contribution in [-0.2, 0) is 35.0 Å². The van der Waals surface area contributed by atoms with Crippen molar-refractivity contribution in [2.45, 2.75) is 90.1 Å². The third kappa shape index (κ3) is 7.43. The van der Waals surface area contributed by atoms with E-state index in [4.69, 9.17) is 14.2 Å². The quantitative estimate of drug-likeness (QED) is 0.125. The minimum atomic E-state index is -1.82. The Kier molecular flexibility index (Phi) is 10.8. The van der Waals surface area contributed by atoms with Crippen LogP contribution >= 0.6 is 0 Å². The number of carbonyl (C=O) groups excluding carboxylic acids is 3. The predicted molar refractivity (Wildman–Crippen MR) is 177 cm³/mol. The number of ether oxygens (including phenoxy) is 3. The van der Waals surface area contributed by atoms with Crippen molar-refractivity contribution in [3.05, 3.63) is 72.4 Å². The molecule has 9 heteroatoms. The van der Waals surface area contributed by atoms with Crippen molar-refractivity contribution >= 4 is 25.7 Å². The van der Waals surface area contributed by atoms with Crippen LogP contribution in [-0.4, -0.2) is 68.1 Å². The van der Waals surface area contributed by atoms with Gasteiger partial charge in [-0.1, -0.05) is 82.6 Å². The first-order valence-corrected chi connectivity index (χ1v) is 19.8. The molecule has 1 spiro atoms. The molecule has 3 aliphatic rings. The Morgan fingerprint density at radius 1 is 1.13 bits per heavy atom. The van der Waals surface area contributed by atoms with Crippen molar-refractivity contribution < 1.29 is 33.7 Å². The first-order valence-electron chi connectivity index (χ1n) is 16.1. The lowest BCUT2D eigenvalue weighted by molar-refractivity contribution is -0.175. The van der Waals surface area contributed by atoms with E-state index in [2.05, 4.69) is 38.5 Å². The van der Waals surface area contributed by atoms with E-state index in [9.17, 15) is 19.5 Å². The molecular formula is C36H51NO7Si. The number of benzene rings is 1. The Morgan fingerprint density at radius 2 is 1.82 bits per heavy atom. The Morgan fingerprint density at radius 3 is 2.47 bits per heavy atom. The summed E-state index contributed by atoms with van der Waals surface area (Å²) in [5.74, 6) is -2.85. The molecule has 4 rings (SSSR count). The summed E-state index contributed by atoms with van der Waals surface area (Å²) in [6.45, 7) is 18.5. The summed E-state index contributed by atoms with van der Waals surface area (Å²) in [6, 6.07) is 10.7. The molecule has 1 aromatic rings. The number of aliphatic hydroxyl groups is 1. The lowest BCUT2D eigenvalue weighted by Crippen LogP contribution is -2.61. The Hall–Kier alpha value is -2.85. The van der Waals surface area contributed by atoms with Gasteiger partial charge in [-0.25, -0.2) is 0 Å². The summed E-state index contributed by atoms with van der Waals surface area (Å²) in [5, 5.41) is 14.5. The van der Waals surface area contributed by atoms with Crippen LogP contribution in [0.1, 0.15) is 39.7 Å². The molecule has 1 aliphatic heterocycles. The standard InChI is InChI=1S/C36H51NO7Si/c1-23-13-12-16-28-32(43-22-42-19-20-45(6,7)8)25(3)24(2)31-29(21-27-14-10-9-11-15-27)37-34(40)36(28,31)30(44-26(4)38)17-18-35(5,41)33(23)39/h9-12,14-18,23-24,28-32,41H,3,13,19-22H2,1-2,4-8H3,(H,37,40)/b16-12+,18-17+/t23-,24+,28-,29-,30+,31-,32+,35+,36+/m0/s1. The van der Waals surface area contributed by atoms with Gasteiger partial charge in [-0.2, -0.15) is 0 Å². The fourth-order valence-corrected chi connectivity index (χ4v) is 8.18. The molecule has 0 radical (unpaired) electrons. The van der Waals surface area contributed by atoms with Crippen molar-refractivity contribution in [3.63, 3.8) is 0 Å². The lowest BCUT2D eigenvalue weighted by Gasteiger charge is -2.53. The van der Waals surface area contributed by atoms with Crippen LogP contribution in [0.25, 0.3) is 0 Å². The molecule has 8 nitrogen and oxygen atoms in total. The van der Waals surface area contributed by atoms with E-state index in [1.54, 1.807) is 6.92 Å². The highest BCUT2D eigenvalue weighted by Gasteiger charge is 2.69. The maximum Gasteiger partial charge on any atom is 0.303 e. The zero-order chi connectivity index (χ0) is 33.2. The lowest BCUT2D eigenvalue weighted by atomic mass is 9.51. The van der Waals surface area contributed by atoms with Gasteiger partial charge in [-0.15, -0.1) is 0 Å². The van der Waals surface area contributed by atoms with Gasteiger partial charge in [0.15, 0.2) is 5.78 Å².